The predicted molar refractivity (Wildman–Crippen MR) is 64.3 cm³/mol. The molecule has 0 bridgehead atoms. The Hall–Kier alpha value is -0.610. The lowest BCUT2D eigenvalue weighted by molar-refractivity contribution is -0.142. The van der Waals surface area contributed by atoms with Crippen LogP contribution in [0.4, 0.5) is 0 Å². The van der Waals surface area contributed by atoms with E-state index >= 15 is 0 Å². The number of amides is 1. The molecule has 4 heteroatoms. The van der Waals surface area contributed by atoms with Crippen molar-refractivity contribution in [2.24, 2.45) is 0 Å². The van der Waals surface area contributed by atoms with Crippen LogP contribution in [0.2, 0.25) is 0 Å². The van der Waals surface area contributed by atoms with E-state index in [4.69, 9.17) is 4.74 Å². The largest absolute Gasteiger partial charge is 0.366 e. The molecule has 94 valence electrons. The van der Waals surface area contributed by atoms with Crippen molar-refractivity contribution in [3.8, 4) is 0 Å². The number of hydrogen-bond donors (Lipinski definition) is 1. The van der Waals surface area contributed by atoms with Gasteiger partial charge in [-0.25, -0.2) is 0 Å². The molecule has 1 saturated heterocycles. The van der Waals surface area contributed by atoms with E-state index < -0.39 is 0 Å². The minimum Gasteiger partial charge on any atom is -0.366 e. The molecule has 0 saturated carbocycles. The van der Waals surface area contributed by atoms with E-state index in [0.717, 1.165) is 13.1 Å². The molecule has 1 aliphatic rings. The third-order valence-corrected chi connectivity index (χ3v) is 2.54. The summed E-state index contributed by atoms with van der Waals surface area (Å²) in [5, 5.41) is 3.40. The van der Waals surface area contributed by atoms with Crippen LogP contribution in [0.3, 0.4) is 0 Å². The molecule has 0 aromatic heterocycles. The average Bonchev–Trinajstić information content (AvgIpc) is 2.11. The van der Waals surface area contributed by atoms with Gasteiger partial charge in [-0.1, -0.05) is 0 Å². The minimum absolute atomic E-state index is 0.0927. The topological polar surface area (TPSA) is 41.6 Å². The number of carbonyl (C=O) groups is 1. The van der Waals surface area contributed by atoms with Crippen LogP contribution in [0.5, 0.6) is 0 Å². The van der Waals surface area contributed by atoms with Crippen molar-refractivity contribution < 1.29 is 9.53 Å². The number of ether oxygens (including phenoxy) is 1. The van der Waals surface area contributed by atoms with Crippen molar-refractivity contribution in [2.45, 2.75) is 52.3 Å². The number of hydrogen-bond acceptors (Lipinski definition) is 3. The maximum Gasteiger partial charge on any atom is 0.248 e. The van der Waals surface area contributed by atoms with Crippen LogP contribution in [0.25, 0.3) is 0 Å². The standard InChI is InChI=1S/C12H24N2O2/c1-9-6-14(7-10(2)13-9)11(15)8-16-12(3,4)5/h9-10,13H,6-8H2,1-5H3. The second-order valence-corrected chi connectivity index (χ2v) is 5.67. The van der Waals surface area contributed by atoms with Gasteiger partial charge in [-0.2, -0.15) is 0 Å². The lowest BCUT2D eigenvalue weighted by Crippen LogP contribution is -2.56. The van der Waals surface area contributed by atoms with Gasteiger partial charge in [-0.15, -0.1) is 0 Å². The molecule has 1 rings (SSSR count). The smallest absolute Gasteiger partial charge is 0.248 e. The van der Waals surface area contributed by atoms with Crippen molar-refractivity contribution in [1.82, 2.24) is 10.2 Å². The monoisotopic (exact) mass is 228 g/mol. The van der Waals surface area contributed by atoms with E-state index in [2.05, 4.69) is 19.2 Å². The molecule has 16 heavy (non-hydrogen) atoms. The second kappa shape index (κ2) is 5.15. The summed E-state index contributed by atoms with van der Waals surface area (Å²) in [5.74, 6) is 0.0927. The van der Waals surface area contributed by atoms with E-state index in [0.29, 0.717) is 12.1 Å². The highest BCUT2D eigenvalue weighted by Crippen LogP contribution is 2.09. The Labute approximate surface area is 98.3 Å². The first-order valence-corrected chi connectivity index (χ1v) is 5.96. The Balaban J connectivity index is 2.41. The maximum atomic E-state index is 11.9. The molecular weight excluding hydrogens is 204 g/mol. The predicted octanol–water partition coefficient (Wildman–Crippen LogP) is 1.01. The zero-order valence-corrected chi connectivity index (χ0v) is 11.0. The Morgan fingerprint density at radius 1 is 1.31 bits per heavy atom. The van der Waals surface area contributed by atoms with Crippen LogP contribution >= 0.6 is 0 Å². The second-order valence-electron chi connectivity index (χ2n) is 5.67. The lowest BCUT2D eigenvalue weighted by Gasteiger charge is -2.36. The van der Waals surface area contributed by atoms with E-state index in [1.165, 1.54) is 0 Å². The van der Waals surface area contributed by atoms with Gasteiger partial charge in [-0.3, -0.25) is 4.79 Å². The number of nitrogens with zero attached hydrogens (tertiary/aromatic N) is 1. The third-order valence-electron chi connectivity index (χ3n) is 2.54. The van der Waals surface area contributed by atoms with Gasteiger partial charge in [-0.05, 0) is 34.6 Å². The minimum atomic E-state index is -0.249. The van der Waals surface area contributed by atoms with Gasteiger partial charge < -0.3 is 15.0 Å². The van der Waals surface area contributed by atoms with Gasteiger partial charge >= 0.3 is 0 Å². The summed E-state index contributed by atoms with van der Waals surface area (Å²) >= 11 is 0. The first-order valence-electron chi connectivity index (χ1n) is 5.96. The van der Waals surface area contributed by atoms with Crippen molar-refractivity contribution in [2.75, 3.05) is 19.7 Å². The fraction of sp³-hybridized carbons (Fsp3) is 0.917. The first-order chi connectivity index (χ1) is 7.28. The average molecular weight is 228 g/mol. The molecule has 4 nitrogen and oxygen atoms in total. The number of nitrogens with one attached hydrogen (secondary N) is 1. The zero-order chi connectivity index (χ0) is 12.3. The summed E-state index contributed by atoms with van der Waals surface area (Å²) in [7, 11) is 0. The molecule has 1 aliphatic heterocycles. The Morgan fingerprint density at radius 2 is 1.81 bits per heavy atom. The Morgan fingerprint density at radius 3 is 2.25 bits per heavy atom. The van der Waals surface area contributed by atoms with Crippen LogP contribution in [0.1, 0.15) is 34.6 Å². The van der Waals surface area contributed by atoms with Crippen LogP contribution in [0.15, 0.2) is 0 Å². The molecule has 1 fully saturated rings. The molecule has 0 aromatic rings. The van der Waals surface area contributed by atoms with Crippen LogP contribution in [-0.2, 0) is 9.53 Å². The normalized spacial score (nSPS) is 26.9. The molecule has 0 aliphatic carbocycles. The SMILES string of the molecule is CC1CN(C(=O)COC(C)(C)C)CC(C)N1. The molecule has 1 N–H and O–H groups in total. The highest BCUT2D eigenvalue weighted by atomic mass is 16.5. The summed E-state index contributed by atoms with van der Waals surface area (Å²) in [4.78, 5) is 13.8. The molecule has 2 atom stereocenters. The number of rotatable bonds is 2. The van der Waals surface area contributed by atoms with Crippen LogP contribution < -0.4 is 5.32 Å². The van der Waals surface area contributed by atoms with Gasteiger partial charge in [0.25, 0.3) is 0 Å². The fourth-order valence-electron chi connectivity index (χ4n) is 1.90. The van der Waals surface area contributed by atoms with E-state index in [1.807, 2.05) is 25.7 Å². The Kier molecular flexibility index (Phi) is 4.33. The van der Waals surface area contributed by atoms with Crippen LogP contribution in [0, 0.1) is 0 Å². The number of carbonyl (C=O) groups excluding carboxylic acids is 1. The summed E-state index contributed by atoms with van der Waals surface area (Å²) in [6, 6.07) is 0.727. The molecule has 0 spiro atoms. The summed E-state index contributed by atoms with van der Waals surface area (Å²) in [5.41, 5.74) is -0.249. The molecule has 2 unspecified atom stereocenters. The van der Waals surface area contributed by atoms with E-state index in [-0.39, 0.29) is 18.1 Å². The summed E-state index contributed by atoms with van der Waals surface area (Å²) < 4.78 is 5.50. The quantitative estimate of drug-likeness (QED) is 0.767. The van der Waals surface area contributed by atoms with Gasteiger partial charge in [0, 0.05) is 25.2 Å². The zero-order valence-electron chi connectivity index (χ0n) is 11.0. The number of piperazine rings is 1. The van der Waals surface area contributed by atoms with Gasteiger partial charge in [0.2, 0.25) is 5.91 Å². The third kappa shape index (κ3) is 4.49. The van der Waals surface area contributed by atoms with E-state index in [9.17, 15) is 4.79 Å². The van der Waals surface area contributed by atoms with Crippen molar-refractivity contribution >= 4 is 5.91 Å². The van der Waals surface area contributed by atoms with Gasteiger partial charge in [0.15, 0.2) is 0 Å². The molecule has 1 heterocycles. The molecule has 0 radical (unpaired) electrons. The van der Waals surface area contributed by atoms with Crippen molar-refractivity contribution in [3.63, 3.8) is 0 Å². The highest BCUT2D eigenvalue weighted by molar-refractivity contribution is 5.77. The van der Waals surface area contributed by atoms with Crippen molar-refractivity contribution in [3.05, 3.63) is 0 Å². The van der Waals surface area contributed by atoms with Crippen LogP contribution in [-0.4, -0.2) is 48.2 Å². The summed E-state index contributed by atoms with van der Waals surface area (Å²) in [6.07, 6.45) is 0. The van der Waals surface area contributed by atoms with E-state index in [1.54, 1.807) is 0 Å². The maximum absolute atomic E-state index is 11.9. The lowest BCUT2D eigenvalue weighted by atomic mass is 10.1. The highest BCUT2D eigenvalue weighted by Gasteiger charge is 2.25. The molecule has 1 amide bonds. The fourth-order valence-corrected chi connectivity index (χ4v) is 1.90. The van der Waals surface area contributed by atoms with Crippen molar-refractivity contribution in [1.29, 1.82) is 0 Å². The first kappa shape index (κ1) is 13.5. The summed E-state index contributed by atoms with van der Waals surface area (Å²) in [6.45, 7) is 11.8. The van der Waals surface area contributed by atoms with Gasteiger partial charge in [0.1, 0.15) is 6.61 Å². The molecular formula is C12H24N2O2. The van der Waals surface area contributed by atoms with Gasteiger partial charge in [0.05, 0.1) is 5.60 Å². The Bertz CT molecular complexity index is 238. The molecule has 0 aromatic carbocycles.